The predicted molar refractivity (Wildman–Crippen MR) is 64.3 cm³/mol. The first-order valence-corrected chi connectivity index (χ1v) is 5.75. The molecular formula is C13H14O6. The van der Waals surface area contributed by atoms with Gasteiger partial charge < -0.3 is 18.9 Å². The van der Waals surface area contributed by atoms with E-state index in [4.69, 9.17) is 18.9 Å². The maximum absolute atomic E-state index is 12.0. The molecule has 1 aromatic carbocycles. The van der Waals surface area contributed by atoms with Crippen LogP contribution in [0.4, 0.5) is 0 Å². The first kappa shape index (κ1) is 13.2. The molecule has 0 bridgehead atoms. The Hall–Kier alpha value is -2.24. The molecule has 1 aliphatic rings. The van der Waals surface area contributed by atoms with Crippen molar-refractivity contribution in [3.8, 4) is 11.5 Å². The van der Waals surface area contributed by atoms with Gasteiger partial charge in [0.25, 0.3) is 0 Å². The van der Waals surface area contributed by atoms with Crippen LogP contribution in [0.25, 0.3) is 0 Å². The van der Waals surface area contributed by atoms with E-state index in [2.05, 4.69) is 0 Å². The van der Waals surface area contributed by atoms with Crippen molar-refractivity contribution < 1.29 is 28.5 Å². The standard InChI is InChI=1S/C13H14O6/c1-16-8-3-4-9(11(7-8)17-2)12(14)19-10-5-6-18-13(10)15/h3-4,7,10H,5-6H2,1-2H3/t10-/m0/s1. The van der Waals surface area contributed by atoms with Gasteiger partial charge >= 0.3 is 11.9 Å². The van der Waals surface area contributed by atoms with Crippen LogP contribution in [-0.2, 0) is 14.3 Å². The van der Waals surface area contributed by atoms with Crippen LogP contribution in [-0.4, -0.2) is 38.9 Å². The van der Waals surface area contributed by atoms with Gasteiger partial charge in [0.15, 0.2) is 0 Å². The zero-order valence-corrected chi connectivity index (χ0v) is 10.7. The van der Waals surface area contributed by atoms with Crippen LogP contribution in [0.2, 0.25) is 0 Å². The smallest absolute Gasteiger partial charge is 0.347 e. The first-order valence-electron chi connectivity index (χ1n) is 5.75. The number of ether oxygens (including phenoxy) is 4. The third-order valence-corrected chi connectivity index (χ3v) is 2.77. The Morgan fingerprint density at radius 2 is 2.11 bits per heavy atom. The third kappa shape index (κ3) is 2.78. The van der Waals surface area contributed by atoms with Gasteiger partial charge in [-0.2, -0.15) is 0 Å². The van der Waals surface area contributed by atoms with Crippen molar-refractivity contribution in [2.75, 3.05) is 20.8 Å². The Kier molecular flexibility index (Phi) is 3.89. The molecule has 1 aliphatic heterocycles. The fourth-order valence-electron chi connectivity index (χ4n) is 1.74. The quantitative estimate of drug-likeness (QED) is 0.762. The molecule has 6 nitrogen and oxygen atoms in total. The van der Waals surface area contributed by atoms with Crippen molar-refractivity contribution in [1.82, 2.24) is 0 Å². The second kappa shape index (κ2) is 5.60. The van der Waals surface area contributed by atoms with E-state index in [-0.39, 0.29) is 12.2 Å². The molecule has 1 atom stereocenters. The maximum atomic E-state index is 12.0. The van der Waals surface area contributed by atoms with E-state index < -0.39 is 18.0 Å². The highest BCUT2D eigenvalue weighted by molar-refractivity contribution is 5.94. The van der Waals surface area contributed by atoms with Crippen molar-refractivity contribution in [2.24, 2.45) is 0 Å². The molecule has 0 aliphatic carbocycles. The zero-order chi connectivity index (χ0) is 13.8. The first-order chi connectivity index (χ1) is 9.15. The molecule has 2 rings (SSSR count). The van der Waals surface area contributed by atoms with Crippen LogP contribution in [0, 0.1) is 0 Å². The molecule has 0 radical (unpaired) electrons. The lowest BCUT2D eigenvalue weighted by atomic mass is 10.2. The van der Waals surface area contributed by atoms with Gasteiger partial charge in [-0.15, -0.1) is 0 Å². The number of benzene rings is 1. The highest BCUT2D eigenvalue weighted by Crippen LogP contribution is 2.26. The Morgan fingerprint density at radius 3 is 2.68 bits per heavy atom. The fourth-order valence-corrected chi connectivity index (χ4v) is 1.74. The average Bonchev–Trinajstić information content (AvgIpc) is 2.83. The highest BCUT2D eigenvalue weighted by atomic mass is 16.6. The van der Waals surface area contributed by atoms with E-state index in [9.17, 15) is 9.59 Å². The summed E-state index contributed by atoms with van der Waals surface area (Å²) in [6.45, 7) is 0.274. The minimum atomic E-state index is -0.834. The molecule has 1 heterocycles. The predicted octanol–water partition coefficient (Wildman–Crippen LogP) is 1.18. The molecule has 102 valence electrons. The molecule has 1 fully saturated rings. The lowest BCUT2D eigenvalue weighted by Crippen LogP contribution is -2.23. The molecule has 19 heavy (non-hydrogen) atoms. The van der Waals surface area contributed by atoms with E-state index in [0.29, 0.717) is 17.9 Å². The summed E-state index contributed by atoms with van der Waals surface area (Å²) in [5, 5.41) is 0. The highest BCUT2D eigenvalue weighted by Gasteiger charge is 2.31. The lowest BCUT2D eigenvalue weighted by molar-refractivity contribution is -0.145. The van der Waals surface area contributed by atoms with Crippen molar-refractivity contribution in [2.45, 2.75) is 12.5 Å². The SMILES string of the molecule is COc1ccc(C(=O)O[C@H]2CCOC2=O)c(OC)c1. The Balaban J connectivity index is 2.16. The number of hydrogen-bond acceptors (Lipinski definition) is 6. The molecule has 1 saturated heterocycles. The number of hydrogen-bond donors (Lipinski definition) is 0. The number of rotatable bonds is 4. The van der Waals surface area contributed by atoms with Crippen molar-refractivity contribution in [1.29, 1.82) is 0 Å². The molecule has 0 spiro atoms. The second-order valence-corrected chi connectivity index (χ2v) is 3.92. The van der Waals surface area contributed by atoms with Gasteiger partial charge in [-0.25, -0.2) is 9.59 Å². The summed E-state index contributed by atoms with van der Waals surface area (Å²) < 4.78 is 20.0. The summed E-state index contributed by atoms with van der Waals surface area (Å²) in [6, 6.07) is 4.72. The van der Waals surface area contributed by atoms with Crippen LogP contribution >= 0.6 is 0 Å². The number of esters is 2. The normalized spacial score (nSPS) is 17.8. The minimum Gasteiger partial charge on any atom is -0.497 e. The molecule has 0 amide bonds. The fraction of sp³-hybridized carbons (Fsp3) is 0.385. The van der Waals surface area contributed by atoms with E-state index in [1.54, 1.807) is 12.1 Å². The number of carbonyl (C=O) groups is 2. The van der Waals surface area contributed by atoms with Crippen LogP contribution in [0.15, 0.2) is 18.2 Å². The van der Waals surface area contributed by atoms with Crippen LogP contribution in [0.5, 0.6) is 11.5 Å². The molecule has 0 aromatic heterocycles. The van der Waals surface area contributed by atoms with Crippen LogP contribution in [0.1, 0.15) is 16.8 Å². The second-order valence-electron chi connectivity index (χ2n) is 3.92. The van der Waals surface area contributed by atoms with Crippen molar-refractivity contribution >= 4 is 11.9 Å². The molecular weight excluding hydrogens is 252 g/mol. The molecule has 0 saturated carbocycles. The van der Waals surface area contributed by atoms with Gasteiger partial charge in [0.1, 0.15) is 17.1 Å². The van der Waals surface area contributed by atoms with Gasteiger partial charge in [0, 0.05) is 12.5 Å². The Labute approximate surface area is 110 Å². The lowest BCUT2D eigenvalue weighted by Gasteiger charge is -2.12. The van der Waals surface area contributed by atoms with Crippen LogP contribution < -0.4 is 9.47 Å². The monoisotopic (exact) mass is 266 g/mol. The van der Waals surface area contributed by atoms with Crippen molar-refractivity contribution in [3.05, 3.63) is 23.8 Å². The average molecular weight is 266 g/mol. The Bertz CT molecular complexity index is 496. The van der Waals surface area contributed by atoms with Gasteiger partial charge in [-0.1, -0.05) is 0 Å². The summed E-state index contributed by atoms with van der Waals surface area (Å²) in [6.07, 6.45) is -0.456. The van der Waals surface area contributed by atoms with Crippen LogP contribution in [0.3, 0.4) is 0 Å². The summed E-state index contributed by atoms with van der Waals surface area (Å²) >= 11 is 0. The number of cyclic esters (lactones) is 1. The van der Waals surface area contributed by atoms with E-state index in [0.717, 1.165) is 0 Å². The van der Waals surface area contributed by atoms with E-state index >= 15 is 0 Å². The minimum absolute atomic E-state index is 0.239. The van der Waals surface area contributed by atoms with Gasteiger partial charge in [0.2, 0.25) is 6.10 Å². The largest absolute Gasteiger partial charge is 0.497 e. The molecule has 0 unspecified atom stereocenters. The third-order valence-electron chi connectivity index (χ3n) is 2.77. The van der Waals surface area contributed by atoms with Gasteiger partial charge in [0.05, 0.1) is 20.8 Å². The molecule has 6 heteroatoms. The van der Waals surface area contributed by atoms with Gasteiger partial charge in [-0.3, -0.25) is 0 Å². The zero-order valence-electron chi connectivity index (χ0n) is 10.7. The topological polar surface area (TPSA) is 71.1 Å². The molecule has 0 N–H and O–H groups in total. The molecule has 1 aromatic rings. The van der Waals surface area contributed by atoms with E-state index in [1.807, 2.05) is 0 Å². The number of methoxy groups -OCH3 is 2. The van der Waals surface area contributed by atoms with E-state index in [1.165, 1.54) is 20.3 Å². The summed E-state index contributed by atoms with van der Waals surface area (Å²) in [4.78, 5) is 23.2. The summed E-state index contributed by atoms with van der Waals surface area (Å²) in [5.41, 5.74) is 0.239. The van der Waals surface area contributed by atoms with Crippen molar-refractivity contribution in [3.63, 3.8) is 0 Å². The summed E-state index contributed by atoms with van der Waals surface area (Å²) in [7, 11) is 2.96. The summed E-state index contributed by atoms with van der Waals surface area (Å²) in [5.74, 6) is -0.242. The number of carbonyl (C=O) groups excluding carboxylic acids is 2. The Morgan fingerprint density at radius 1 is 1.32 bits per heavy atom. The van der Waals surface area contributed by atoms with Gasteiger partial charge in [-0.05, 0) is 12.1 Å². The maximum Gasteiger partial charge on any atom is 0.347 e.